The van der Waals surface area contributed by atoms with E-state index < -0.39 is 5.60 Å². The van der Waals surface area contributed by atoms with Crippen molar-refractivity contribution in [3.8, 4) is 5.75 Å². The van der Waals surface area contributed by atoms with Gasteiger partial charge in [0.15, 0.2) is 0 Å². The van der Waals surface area contributed by atoms with E-state index in [4.69, 9.17) is 4.74 Å². The van der Waals surface area contributed by atoms with Gasteiger partial charge in [-0.3, -0.25) is 8.97 Å². The molecule has 3 aliphatic carbocycles. The van der Waals surface area contributed by atoms with Crippen LogP contribution in [0.1, 0.15) is 61.6 Å². The summed E-state index contributed by atoms with van der Waals surface area (Å²) in [6.45, 7) is 2.35. The highest BCUT2D eigenvalue weighted by atomic mass is 16.5. The van der Waals surface area contributed by atoms with Crippen LogP contribution in [0.15, 0.2) is 71.5 Å². The topological polar surface area (TPSA) is 55.9 Å². The number of hydrogen-bond acceptors (Lipinski definition) is 3. The van der Waals surface area contributed by atoms with Crippen molar-refractivity contribution in [1.82, 2.24) is 8.97 Å². The van der Waals surface area contributed by atoms with E-state index in [0.29, 0.717) is 17.8 Å². The molecule has 0 unspecified atom stereocenters. The van der Waals surface area contributed by atoms with E-state index in [9.17, 15) is 9.90 Å². The van der Waals surface area contributed by atoms with Crippen LogP contribution in [-0.2, 0) is 19.1 Å². The zero-order chi connectivity index (χ0) is 27.4. The lowest BCUT2D eigenvalue weighted by Gasteiger charge is -2.53. The molecular formula is C35H36N2O3. The molecule has 2 aromatic heterocycles. The molecule has 0 spiro atoms. The highest BCUT2D eigenvalue weighted by Crippen LogP contribution is 2.68. The quantitative estimate of drug-likeness (QED) is 0.275. The Balaban J connectivity index is 1.34. The zero-order valence-corrected chi connectivity index (χ0v) is 23.5. The van der Waals surface area contributed by atoms with Crippen molar-refractivity contribution in [3.05, 3.63) is 93.9 Å². The number of benzene rings is 3. The number of aliphatic hydroxyl groups is 1. The third-order valence-corrected chi connectivity index (χ3v) is 11.4. The van der Waals surface area contributed by atoms with Gasteiger partial charge >= 0.3 is 5.69 Å². The Morgan fingerprint density at radius 1 is 0.925 bits per heavy atom. The van der Waals surface area contributed by atoms with Crippen molar-refractivity contribution in [3.63, 3.8) is 0 Å². The molecule has 8 rings (SSSR count). The summed E-state index contributed by atoms with van der Waals surface area (Å²) in [5.74, 6) is 2.46. The molecule has 0 aliphatic heterocycles. The average Bonchev–Trinajstić information content (AvgIpc) is 3.48. The molecule has 0 bridgehead atoms. The maximum Gasteiger partial charge on any atom is 0.333 e. The maximum absolute atomic E-state index is 13.8. The van der Waals surface area contributed by atoms with Crippen LogP contribution >= 0.6 is 0 Å². The number of para-hydroxylation sites is 2. The van der Waals surface area contributed by atoms with Crippen molar-refractivity contribution >= 4 is 27.3 Å². The van der Waals surface area contributed by atoms with Crippen LogP contribution in [0.3, 0.4) is 0 Å². The normalized spacial score (nSPS) is 29.4. The van der Waals surface area contributed by atoms with E-state index in [-0.39, 0.29) is 11.1 Å². The number of fused-ring (bicyclic) bond motifs is 10. The number of methoxy groups -OCH3 is 1. The second-order valence-corrected chi connectivity index (χ2v) is 12.8. The molecular weight excluding hydrogens is 496 g/mol. The Labute approximate surface area is 234 Å². The highest BCUT2D eigenvalue weighted by molar-refractivity contribution is 6.05. The number of hydrogen-bond donors (Lipinski definition) is 1. The first-order valence-corrected chi connectivity index (χ1v) is 14.8. The second-order valence-electron chi connectivity index (χ2n) is 12.8. The predicted octanol–water partition coefficient (Wildman–Crippen LogP) is 6.70. The molecule has 1 N–H and O–H groups in total. The first-order valence-electron chi connectivity index (χ1n) is 14.8. The Morgan fingerprint density at radius 2 is 1.68 bits per heavy atom. The lowest BCUT2D eigenvalue weighted by molar-refractivity contribution is -0.106. The van der Waals surface area contributed by atoms with Crippen LogP contribution < -0.4 is 10.4 Å². The minimum Gasteiger partial charge on any atom is -0.497 e. The summed E-state index contributed by atoms with van der Waals surface area (Å²) in [6.07, 6.45) is 5.99. The number of aryl methyl sites for hydroxylation is 2. The maximum atomic E-state index is 13.8. The van der Waals surface area contributed by atoms with Gasteiger partial charge in [-0.1, -0.05) is 49.4 Å². The molecule has 5 nitrogen and oxygen atoms in total. The smallest absolute Gasteiger partial charge is 0.333 e. The summed E-state index contributed by atoms with van der Waals surface area (Å²) in [5.41, 5.74) is 5.19. The summed E-state index contributed by atoms with van der Waals surface area (Å²) in [6, 6.07) is 23.0. The van der Waals surface area contributed by atoms with Gasteiger partial charge in [0.25, 0.3) is 0 Å². The largest absolute Gasteiger partial charge is 0.497 e. The molecule has 5 atom stereocenters. The minimum atomic E-state index is -1.02. The summed E-state index contributed by atoms with van der Waals surface area (Å²) >= 11 is 0. The van der Waals surface area contributed by atoms with E-state index in [0.717, 1.165) is 77.2 Å². The molecule has 204 valence electrons. The van der Waals surface area contributed by atoms with Crippen molar-refractivity contribution in [2.24, 2.45) is 24.3 Å². The van der Waals surface area contributed by atoms with E-state index in [1.165, 1.54) is 11.1 Å². The zero-order valence-electron chi connectivity index (χ0n) is 23.5. The molecule has 0 radical (unpaired) electrons. The lowest BCUT2D eigenvalue weighted by atomic mass is 9.52. The molecule has 2 heterocycles. The molecule has 3 aliphatic rings. The number of ether oxygens (including phenoxy) is 1. The van der Waals surface area contributed by atoms with E-state index in [1.807, 2.05) is 47.8 Å². The number of rotatable bonds is 2. The first kappa shape index (κ1) is 24.2. The van der Waals surface area contributed by atoms with Crippen LogP contribution in [0.25, 0.3) is 27.3 Å². The van der Waals surface area contributed by atoms with Crippen molar-refractivity contribution in [2.75, 3.05) is 7.11 Å². The predicted molar refractivity (Wildman–Crippen MR) is 159 cm³/mol. The van der Waals surface area contributed by atoms with Gasteiger partial charge in [-0.2, -0.15) is 0 Å². The molecule has 0 amide bonds. The Bertz CT molecular complexity index is 1900. The van der Waals surface area contributed by atoms with Gasteiger partial charge in [0.2, 0.25) is 0 Å². The minimum absolute atomic E-state index is 0.0672. The van der Waals surface area contributed by atoms with Crippen molar-refractivity contribution in [2.45, 2.75) is 57.0 Å². The van der Waals surface area contributed by atoms with Crippen LogP contribution in [-0.4, -0.2) is 21.2 Å². The highest BCUT2D eigenvalue weighted by Gasteiger charge is 2.63. The average molecular weight is 533 g/mol. The van der Waals surface area contributed by atoms with Gasteiger partial charge < -0.3 is 9.84 Å². The molecule has 40 heavy (non-hydrogen) atoms. The van der Waals surface area contributed by atoms with Gasteiger partial charge in [0.05, 0.1) is 29.3 Å². The fraction of sp³-hybridized carbons (Fsp3) is 0.400. The summed E-state index contributed by atoms with van der Waals surface area (Å²) < 4.78 is 9.12. The summed E-state index contributed by atoms with van der Waals surface area (Å²) in [7, 11) is 3.59. The monoisotopic (exact) mass is 532 g/mol. The van der Waals surface area contributed by atoms with Gasteiger partial charge in [0, 0.05) is 28.8 Å². The van der Waals surface area contributed by atoms with Crippen LogP contribution in [0.2, 0.25) is 0 Å². The fourth-order valence-corrected chi connectivity index (χ4v) is 9.44. The van der Waals surface area contributed by atoms with Gasteiger partial charge in [-0.05, 0) is 91.7 Å². The molecule has 0 saturated heterocycles. The van der Waals surface area contributed by atoms with Gasteiger partial charge in [-0.15, -0.1) is 0 Å². The van der Waals surface area contributed by atoms with Crippen LogP contribution in [0.4, 0.5) is 0 Å². The molecule has 2 saturated carbocycles. The molecule has 3 aromatic carbocycles. The second kappa shape index (κ2) is 8.23. The van der Waals surface area contributed by atoms with E-state index >= 15 is 0 Å². The third kappa shape index (κ3) is 2.89. The van der Waals surface area contributed by atoms with Crippen LogP contribution in [0.5, 0.6) is 5.75 Å². The Hall–Kier alpha value is -3.57. The van der Waals surface area contributed by atoms with Gasteiger partial charge in [-0.25, -0.2) is 4.79 Å². The molecule has 5 heteroatoms. The fourth-order valence-electron chi connectivity index (χ4n) is 9.44. The van der Waals surface area contributed by atoms with Gasteiger partial charge in [0.1, 0.15) is 5.75 Å². The lowest BCUT2D eigenvalue weighted by Crippen LogP contribution is -2.49. The Morgan fingerprint density at radius 3 is 2.48 bits per heavy atom. The van der Waals surface area contributed by atoms with Crippen molar-refractivity contribution in [1.29, 1.82) is 0 Å². The first-order chi connectivity index (χ1) is 19.4. The summed E-state index contributed by atoms with van der Waals surface area (Å²) in [5, 5.41) is 15.2. The van der Waals surface area contributed by atoms with Crippen LogP contribution in [0, 0.1) is 17.3 Å². The number of nitrogens with zero attached hydrogens (tertiary/aromatic N) is 2. The number of aromatic nitrogens is 2. The third-order valence-electron chi connectivity index (χ3n) is 11.4. The molecule has 5 aromatic rings. The Kier molecular flexibility index (Phi) is 4.99. The summed E-state index contributed by atoms with van der Waals surface area (Å²) in [4.78, 5) is 13.8. The molecule has 2 fully saturated rings. The van der Waals surface area contributed by atoms with Crippen molar-refractivity contribution < 1.29 is 9.84 Å². The SMILES string of the molecule is COc1ccc2c(c1)CC[C@@H]1[C@@H]2CC[C@@]2(C)[C@H]1CC[C@@]2(O)c1c2ccccc2n2c(=O)n(C)c3ccccc3c12. The standard InChI is InChI=1S/C35H36N2O3/c1-34-18-16-24-23-15-13-22(40-3)20-21(23)12-14-25(24)28(34)17-19-35(34,39)31-26-8-4-7-11-30(26)37-32(31)27-9-5-6-10-29(27)36(2)33(37)38/h4-11,13,15,20,24-25,28,39H,12,14,16-19H2,1-3H3/t24-,25-,28+,34+,35-/m1/s1. The van der Waals surface area contributed by atoms with E-state index in [2.05, 4.69) is 37.3 Å². The van der Waals surface area contributed by atoms with E-state index in [1.54, 1.807) is 11.7 Å².